The lowest BCUT2D eigenvalue weighted by Gasteiger charge is -2.16. The summed E-state index contributed by atoms with van der Waals surface area (Å²) in [6, 6.07) is 13.0. The lowest BCUT2D eigenvalue weighted by Crippen LogP contribution is -2.15. The van der Waals surface area contributed by atoms with Crippen LogP contribution in [0.3, 0.4) is 0 Å². The molecule has 58 heavy (non-hydrogen) atoms. The number of carbonyl (C=O) groups excluding carboxylic acids is 4. The molecule has 6 rings (SSSR count). The number of aromatic nitrogens is 6. The highest BCUT2D eigenvalue weighted by molar-refractivity contribution is 5.94. The lowest BCUT2D eigenvalue weighted by molar-refractivity contribution is -0.132. The molecule has 0 radical (unpaired) electrons. The predicted octanol–water partition coefficient (Wildman–Crippen LogP) is 6.95. The largest absolute Gasteiger partial charge is 0.462 e. The van der Waals surface area contributed by atoms with Crippen molar-refractivity contribution in [2.24, 2.45) is 5.92 Å². The van der Waals surface area contributed by atoms with Crippen LogP contribution in [0.5, 0.6) is 11.5 Å². The maximum absolute atomic E-state index is 12.5. The second-order valence-electron chi connectivity index (χ2n) is 14.6. The Hall–Kier alpha value is -5.48. The number of unbranched alkanes of at least 4 members (excludes halogenated alkanes) is 6. The first-order valence-corrected chi connectivity index (χ1v) is 20.1. The zero-order valence-corrected chi connectivity index (χ0v) is 33.6. The summed E-state index contributed by atoms with van der Waals surface area (Å²) in [4.78, 5) is 49.1. The molecule has 0 N–H and O–H groups in total. The van der Waals surface area contributed by atoms with E-state index in [1.54, 1.807) is 48.5 Å². The molecule has 0 aliphatic heterocycles. The molecule has 2 aliphatic rings. The monoisotopic (exact) mass is 800 g/mol. The van der Waals surface area contributed by atoms with Crippen LogP contribution in [-0.4, -0.2) is 80.3 Å². The van der Waals surface area contributed by atoms with Crippen molar-refractivity contribution >= 4 is 23.9 Å². The van der Waals surface area contributed by atoms with Gasteiger partial charge in [-0.25, -0.2) is 14.3 Å². The fourth-order valence-electron chi connectivity index (χ4n) is 7.03. The molecule has 1 fully saturated rings. The standard InChI is InChI=1S/C42H52N6O10/c1-27(53-21-13-5-7-15-23-55-41(51)32-17-9-11-19-36(32)57-29(3)49)47-39(35-26-31-25-34(31)38(35)44-47)40-43-46-48(45-40)28(2)54-22-14-6-8-16-24-56-42(52)33-18-10-12-20-37(33)58-30(4)50/h9-12,17-20,27-28,31,34H,5-8,13-16,21-26H2,1-4H3/t27?,28?,31-,34-/m1/s1. The van der Waals surface area contributed by atoms with Crippen LogP contribution in [0, 0.1) is 5.92 Å². The van der Waals surface area contributed by atoms with Gasteiger partial charge in [0.2, 0.25) is 5.82 Å². The van der Waals surface area contributed by atoms with Gasteiger partial charge >= 0.3 is 23.9 Å². The van der Waals surface area contributed by atoms with E-state index in [-0.39, 0.29) is 42.1 Å². The van der Waals surface area contributed by atoms with Gasteiger partial charge in [0.1, 0.15) is 34.5 Å². The molecule has 0 spiro atoms. The molecule has 4 atom stereocenters. The Labute approximate surface area is 337 Å². The van der Waals surface area contributed by atoms with E-state index in [4.69, 9.17) is 38.6 Å². The van der Waals surface area contributed by atoms with Crippen LogP contribution in [-0.2, 0) is 35.0 Å². The summed E-state index contributed by atoms with van der Waals surface area (Å²) in [6.07, 6.45) is 7.91. The first-order chi connectivity index (χ1) is 28.1. The highest BCUT2D eigenvalue weighted by Gasteiger charge is 2.49. The fraction of sp³-hybridized carbons (Fsp3) is 0.524. The van der Waals surface area contributed by atoms with E-state index in [0.29, 0.717) is 43.7 Å². The molecule has 0 bridgehead atoms. The summed E-state index contributed by atoms with van der Waals surface area (Å²) in [6.45, 7) is 8.02. The van der Waals surface area contributed by atoms with Crippen LogP contribution in [0.1, 0.15) is 136 Å². The predicted molar refractivity (Wildman–Crippen MR) is 208 cm³/mol. The molecule has 16 nitrogen and oxygen atoms in total. The molecule has 0 amide bonds. The minimum atomic E-state index is -0.522. The highest BCUT2D eigenvalue weighted by Crippen LogP contribution is 2.57. The second-order valence-corrected chi connectivity index (χ2v) is 14.6. The van der Waals surface area contributed by atoms with Crippen molar-refractivity contribution < 1.29 is 47.6 Å². The number of para-hydroxylation sites is 2. The molecule has 0 saturated heterocycles. The molecule has 1 saturated carbocycles. The molecule has 4 aromatic rings. The van der Waals surface area contributed by atoms with Crippen LogP contribution in [0.4, 0.5) is 0 Å². The van der Waals surface area contributed by atoms with Crippen LogP contribution in [0.2, 0.25) is 0 Å². The Morgan fingerprint density at radius 1 is 0.690 bits per heavy atom. The number of tetrazole rings is 1. The Morgan fingerprint density at radius 2 is 1.21 bits per heavy atom. The number of ether oxygens (including phenoxy) is 6. The summed E-state index contributed by atoms with van der Waals surface area (Å²) >= 11 is 0. The SMILES string of the molecule is CC(=O)Oc1ccccc1C(=O)OCCCCCCOC(C)n1nnc(-c2c3c(nn2C(C)OCCCCCCOC(=O)c2ccccc2OC(C)=O)[C@@H]2C[C@@H]2C3)n1. The summed E-state index contributed by atoms with van der Waals surface area (Å²) in [5.41, 5.74) is 3.59. The highest BCUT2D eigenvalue weighted by atomic mass is 16.6. The van der Waals surface area contributed by atoms with Gasteiger partial charge in [0.15, 0.2) is 6.23 Å². The van der Waals surface area contributed by atoms with Gasteiger partial charge in [0.05, 0.1) is 18.9 Å². The van der Waals surface area contributed by atoms with Crippen LogP contribution in [0.15, 0.2) is 48.5 Å². The summed E-state index contributed by atoms with van der Waals surface area (Å²) in [5, 5.41) is 18.5. The van der Waals surface area contributed by atoms with E-state index in [1.165, 1.54) is 24.2 Å². The molecule has 2 unspecified atom stereocenters. The van der Waals surface area contributed by atoms with Crippen molar-refractivity contribution in [3.63, 3.8) is 0 Å². The Morgan fingerprint density at radius 3 is 1.76 bits per heavy atom. The van der Waals surface area contributed by atoms with Crippen molar-refractivity contribution in [3.8, 4) is 23.0 Å². The first kappa shape index (κ1) is 42.1. The minimum absolute atomic E-state index is 0.189. The molecule has 2 heterocycles. The average molecular weight is 801 g/mol. The molecular weight excluding hydrogens is 748 g/mol. The second kappa shape index (κ2) is 20.3. The van der Waals surface area contributed by atoms with Gasteiger partial charge in [0, 0.05) is 38.5 Å². The van der Waals surface area contributed by atoms with Gasteiger partial charge in [0.25, 0.3) is 0 Å². The van der Waals surface area contributed by atoms with E-state index in [9.17, 15) is 19.2 Å². The number of carbonyl (C=O) groups is 4. The quantitative estimate of drug-likeness (QED) is 0.0426. The fourth-order valence-corrected chi connectivity index (χ4v) is 7.03. The van der Waals surface area contributed by atoms with Crippen molar-refractivity contribution in [3.05, 3.63) is 70.9 Å². The van der Waals surface area contributed by atoms with E-state index in [1.807, 2.05) is 18.5 Å². The molecule has 310 valence electrons. The third kappa shape index (κ3) is 11.1. The molecule has 2 aromatic heterocycles. The molecule has 16 heteroatoms. The van der Waals surface area contributed by atoms with Crippen molar-refractivity contribution in [1.29, 1.82) is 0 Å². The smallest absolute Gasteiger partial charge is 0.341 e. The van der Waals surface area contributed by atoms with Gasteiger partial charge < -0.3 is 28.4 Å². The molecular formula is C42H52N6O10. The minimum Gasteiger partial charge on any atom is -0.462 e. The Bertz CT molecular complexity index is 2050. The number of rotatable bonds is 23. The first-order valence-electron chi connectivity index (χ1n) is 20.1. The van der Waals surface area contributed by atoms with Crippen LogP contribution in [0.25, 0.3) is 11.5 Å². The van der Waals surface area contributed by atoms with Crippen LogP contribution < -0.4 is 9.47 Å². The third-order valence-corrected chi connectivity index (χ3v) is 10.1. The Kier molecular flexibility index (Phi) is 14.7. The Balaban J connectivity index is 0.893. The number of fused-ring (bicyclic) bond motifs is 3. The summed E-state index contributed by atoms with van der Waals surface area (Å²) in [7, 11) is 0. The maximum Gasteiger partial charge on any atom is 0.341 e. The van der Waals surface area contributed by atoms with Crippen molar-refractivity contribution in [2.45, 2.75) is 110 Å². The summed E-state index contributed by atoms with van der Waals surface area (Å²) < 4.78 is 35.2. The van der Waals surface area contributed by atoms with Gasteiger partial charge in [-0.15, -0.1) is 15.0 Å². The zero-order valence-electron chi connectivity index (χ0n) is 33.6. The topological polar surface area (TPSA) is 185 Å². The molecule has 2 aromatic carbocycles. The number of esters is 4. The average Bonchev–Trinajstić information content (AvgIpc) is 3.47. The zero-order chi connectivity index (χ0) is 41.0. The van der Waals surface area contributed by atoms with E-state index in [2.05, 4.69) is 10.3 Å². The third-order valence-electron chi connectivity index (χ3n) is 10.1. The van der Waals surface area contributed by atoms with E-state index in [0.717, 1.165) is 62.8 Å². The van der Waals surface area contributed by atoms with Gasteiger partial charge in [-0.1, -0.05) is 37.1 Å². The van der Waals surface area contributed by atoms with Crippen molar-refractivity contribution in [2.75, 3.05) is 26.4 Å². The van der Waals surface area contributed by atoms with E-state index >= 15 is 0 Å². The van der Waals surface area contributed by atoms with E-state index < -0.39 is 30.1 Å². The number of hydrogen-bond acceptors (Lipinski definition) is 14. The van der Waals surface area contributed by atoms with Crippen molar-refractivity contribution in [1.82, 2.24) is 30.0 Å². The number of nitrogens with zero attached hydrogens (tertiary/aromatic N) is 6. The van der Waals surface area contributed by atoms with Gasteiger partial charge in [-0.3, -0.25) is 9.59 Å². The van der Waals surface area contributed by atoms with Crippen LogP contribution >= 0.6 is 0 Å². The normalized spacial score (nSPS) is 16.2. The lowest BCUT2D eigenvalue weighted by atomic mass is 10.1. The molecule has 2 aliphatic carbocycles. The van der Waals surface area contributed by atoms with Gasteiger partial charge in [-0.2, -0.15) is 5.10 Å². The van der Waals surface area contributed by atoms with Gasteiger partial charge in [-0.05, 0) is 101 Å². The number of benzene rings is 2. The maximum atomic E-state index is 12.5. The number of hydrogen-bond donors (Lipinski definition) is 0. The summed E-state index contributed by atoms with van der Waals surface area (Å²) in [5.74, 6) is -0.0383.